The highest BCUT2D eigenvalue weighted by atomic mass is 32.2. The fourth-order valence-corrected chi connectivity index (χ4v) is 5.07. The molecule has 5 heteroatoms. The van der Waals surface area contributed by atoms with E-state index >= 15 is 0 Å². The fraction of sp³-hybridized carbons (Fsp3) is 0.600. The van der Waals surface area contributed by atoms with E-state index in [1.807, 2.05) is 31.3 Å². The molecular formula is C15H23NO3S. The number of methoxy groups -OCH3 is 1. The zero-order chi connectivity index (χ0) is 14.6. The van der Waals surface area contributed by atoms with E-state index in [1.165, 1.54) is 0 Å². The van der Waals surface area contributed by atoms with Crippen molar-refractivity contribution in [3.8, 4) is 5.75 Å². The fourth-order valence-electron chi connectivity index (χ4n) is 2.90. The van der Waals surface area contributed by atoms with Gasteiger partial charge in [-0.05, 0) is 44.0 Å². The Labute approximate surface area is 121 Å². The van der Waals surface area contributed by atoms with Crippen molar-refractivity contribution in [1.29, 1.82) is 0 Å². The van der Waals surface area contributed by atoms with Gasteiger partial charge in [0.25, 0.3) is 0 Å². The molecule has 2 rings (SSSR count). The van der Waals surface area contributed by atoms with Crippen molar-refractivity contribution in [1.82, 2.24) is 5.32 Å². The number of sulfone groups is 1. The van der Waals surface area contributed by atoms with E-state index in [4.69, 9.17) is 4.74 Å². The summed E-state index contributed by atoms with van der Waals surface area (Å²) in [6, 6.07) is 7.79. The second-order valence-electron chi connectivity index (χ2n) is 5.35. The molecule has 1 aliphatic heterocycles. The summed E-state index contributed by atoms with van der Waals surface area (Å²) < 4.78 is 29.7. The molecule has 1 aromatic carbocycles. The average Bonchev–Trinajstić information content (AvgIpc) is 2.45. The SMILES string of the molecule is CNC(Cc1cccc(OC)c1)C1CCCCS1(=O)=O. The number of hydrogen-bond acceptors (Lipinski definition) is 4. The first-order chi connectivity index (χ1) is 9.56. The maximum Gasteiger partial charge on any atom is 0.154 e. The van der Waals surface area contributed by atoms with Crippen LogP contribution < -0.4 is 10.1 Å². The smallest absolute Gasteiger partial charge is 0.154 e. The van der Waals surface area contributed by atoms with Gasteiger partial charge in [0.05, 0.1) is 18.1 Å². The van der Waals surface area contributed by atoms with Gasteiger partial charge in [0.2, 0.25) is 0 Å². The van der Waals surface area contributed by atoms with Crippen LogP contribution in [0.4, 0.5) is 0 Å². The highest BCUT2D eigenvalue weighted by molar-refractivity contribution is 7.92. The molecule has 0 bridgehead atoms. The highest BCUT2D eigenvalue weighted by Crippen LogP contribution is 2.25. The van der Waals surface area contributed by atoms with E-state index < -0.39 is 9.84 Å². The number of rotatable bonds is 5. The quantitative estimate of drug-likeness (QED) is 0.900. The number of nitrogens with one attached hydrogen (secondary N) is 1. The third-order valence-electron chi connectivity index (χ3n) is 4.04. The third kappa shape index (κ3) is 3.52. The summed E-state index contributed by atoms with van der Waals surface area (Å²) in [6.45, 7) is 0. The molecule has 0 aliphatic carbocycles. The Balaban J connectivity index is 2.15. The van der Waals surface area contributed by atoms with E-state index in [9.17, 15) is 8.42 Å². The molecule has 1 aliphatic rings. The molecule has 112 valence electrons. The summed E-state index contributed by atoms with van der Waals surface area (Å²) in [4.78, 5) is 0. The van der Waals surface area contributed by atoms with Gasteiger partial charge in [-0.2, -0.15) is 0 Å². The minimum absolute atomic E-state index is 0.0348. The number of ether oxygens (including phenoxy) is 1. The second-order valence-corrected chi connectivity index (χ2v) is 7.69. The van der Waals surface area contributed by atoms with Gasteiger partial charge in [0, 0.05) is 6.04 Å². The van der Waals surface area contributed by atoms with Gasteiger partial charge in [-0.25, -0.2) is 8.42 Å². The molecule has 1 N–H and O–H groups in total. The van der Waals surface area contributed by atoms with E-state index in [1.54, 1.807) is 7.11 Å². The maximum absolute atomic E-state index is 12.2. The van der Waals surface area contributed by atoms with Gasteiger partial charge in [-0.1, -0.05) is 18.6 Å². The van der Waals surface area contributed by atoms with Gasteiger partial charge in [-0.3, -0.25) is 0 Å². The van der Waals surface area contributed by atoms with Crippen LogP contribution in [-0.2, 0) is 16.3 Å². The minimum atomic E-state index is -2.96. The Morgan fingerprint density at radius 3 is 2.85 bits per heavy atom. The van der Waals surface area contributed by atoms with Crippen LogP contribution in [0, 0.1) is 0 Å². The second kappa shape index (κ2) is 6.59. The zero-order valence-corrected chi connectivity index (χ0v) is 12.9. The van der Waals surface area contributed by atoms with Gasteiger partial charge in [0.15, 0.2) is 9.84 Å². The molecule has 1 heterocycles. The molecule has 1 fully saturated rings. The summed E-state index contributed by atoms with van der Waals surface area (Å²) in [6.07, 6.45) is 3.27. The van der Waals surface area contributed by atoms with Crippen molar-refractivity contribution < 1.29 is 13.2 Å². The molecule has 0 aromatic heterocycles. The molecule has 1 aromatic rings. The first kappa shape index (κ1) is 15.3. The van der Waals surface area contributed by atoms with Gasteiger partial charge < -0.3 is 10.1 Å². The van der Waals surface area contributed by atoms with Crippen LogP contribution in [0.1, 0.15) is 24.8 Å². The summed E-state index contributed by atoms with van der Waals surface area (Å²) in [5, 5.41) is 2.92. The summed E-state index contributed by atoms with van der Waals surface area (Å²) in [5.41, 5.74) is 1.10. The monoisotopic (exact) mass is 297 g/mol. The first-order valence-corrected chi connectivity index (χ1v) is 8.80. The van der Waals surface area contributed by atoms with Crippen molar-refractivity contribution in [2.45, 2.75) is 37.0 Å². The van der Waals surface area contributed by atoms with Crippen molar-refractivity contribution in [2.24, 2.45) is 0 Å². The van der Waals surface area contributed by atoms with E-state index in [0.717, 1.165) is 30.6 Å². The Hall–Kier alpha value is -1.07. The average molecular weight is 297 g/mol. The van der Waals surface area contributed by atoms with Gasteiger partial charge >= 0.3 is 0 Å². The van der Waals surface area contributed by atoms with Crippen LogP contribution >= 0.6 is 0 Å². The molecule has 0 amide bonds. The number of benzene rings is 1. The van der Waals surface area contributed by atoms with Crippen LogP contribution in [0.2, 0.25) is 0 Å². The lowest BCUT2D eigenvalue weighted by molar-refractivity contribution is 0.413. The van der Waals surface area contributed by atoms with Crippen molar-refractivity contribution in [3.05, 3.63) is 29.8 Å². The van der Waals surface area contributed by atoms with E-state index in [-0.39, 0.29) is 11.3 Å². The van der Waals surface area contributed by atoms with Gasteiger partial charge in [0.1, 0.15) is 5.75 Å². The Bertz CT molecular complexity index is 542. The number of hydrogen-bond donors (Lipinski definition) is 1. The molecule has 1 saturated heterocycles. The topological polar surface area (TPSA) is 55.4 Å². The van der Waals surface area contributed by atoms with Crippen LogP contribution in [0.15, 0.2) is 24.3 Å². The predicted octanol–water partition coefficient (Wildman–Crippen LogP) is 1.79. The molecule has 4 nitrogen and oxygen atoms in total. The Morgan fingerprint density at radius 1 is 1.40 bits per heavy atom. The normalized spacial score (nSPS) is 23.2. The number of likely N-dealkylation sites (N-methyl/N-ethyl adjacent to an activating group) is 1. The summed E-state index contributed by atoms with van der Waals surface area (Å²) in [7, 11) is 0.517. The van der Waals surface area contributed by atoms with Crippen molar-refractivity contribution >= 4 is 9.84 Å². The summed E-state index contributed by atoms with van der Waals surface area (Å²) >= 11 is 0. The zero-order valence-electron chi connectivity index (χ0n) is 12.1. The van der Waals surface area contributed by atoms with Crippen LogP contribution in [0.5, 0.6) is 5.75 Å². The van der Waals surface area contributed by atoms with Crippen molar-refractivity contribution in [2.75, 3.05) is 19.9 Å². The third-order valence-corrected chi connectivity index (χ3v) is 6.38. The minimum Gasteiger partial charge on any atom is -0.497 e. The molecular weight excluding hydrogens is 274 g/mol. The molecule has 2 unspecified atom stereocenters. The lowest BCUT2D eigenvalue weighted by Crippen LogP contribution is -2.46. The predicted molar refractivity (Wildman–Crippen MR) is 81.0 cm³/mol. The van der Waals surface area contributed by atoms with Crippen molar-refractivity contribution in [3.63, 3.8) is 0 Å². The molecule has 2 atom stereocenters. The standard InChI is InChI=1S/C15H23NO3S/c1-16-14(15-8-3-4-9-20(15,17)18)11-12-6-5-7-13(10-12)19-2/h5-7,10,14-16H,3-4,8-9,11H2,1-2H3. The molecule has 20 heavy (non-hydrogen) atoms. The highest BCUT2D eigenvalue weighted by Gasteiger charge is 2.34. The van der Waals surface area contributed by atoms with Crippen LogP contribution in [0.25, 0.3) is 0 Å². The lowest BCUT2D eigenvalue weighted by atomic mass is 9.99. The van der Waals surface area contributed by atoms with Crippen LogP contribution in [0.3, 0.4) is 0 Å². The lowest BCUT2D eigenvalue weighted by Gasteiger charge is -2.30. The van der Waals surface area contributed by atoms with E-state index in [0.29, 0.717) is 12.2 Å². The van der Waals surface area contributed by atoms with Gasteiger partial charge in [-0.15, -0.1) is 0 Å². The summed E-state index contributed by atoms with van der Waals surface area (Å²) in [5.74, 6) is 1.14. The van der Waals surface area contributed by atoms with E-state index in [2.05, 4.69) is 5.32 Å². The maximum atomic E-state index is 12.2. The largest absolute Gasteiger partial charge is 0.497 e. The molecule has 0 saturated carbocycles. The Morgan fingerprint density at radius 2 is 2.20 bits per heavy atom. The Kier molecular flexibility index (Phi) is 5.05. The van der Waals surface area contributed by atoms with Crippen LogP contribution in [-0.4, -0.2) is 39.6 Å². The molecule has 0 radical (unpaired) electrons. The first-order valence-electron chi connectivity index (χ1n) is 7.08. The molecule has 0 spiro atoms.